The Morgan fingerprint density at radius 1 is 1.09 bits per heavy atom. The quantitative estimate of drug-likeness (QED) is 0.497. The maximum absolute atomic E-state index is 13.4. The Morgan fingerprint density at radius 3 is 2.62 bits per heavy atom. The van der Waals surface area contributed by atoms with Gasteiger partial charge in [0.15, 0.2) is 0 Å². The third-order valence-corrected chi connectivity index (χ3v) is 6.63. The van der Waals surface area contributed by atoms with Crippen LogP contribution in [-0.2, 0) is 7.05 Å². The first-order valence-electron chi connectivity index (χ1n) is 10.5. The van der Waals surface area contributed by atoms with Crippen molar-refractivity contribution in [1.29, 1.82) is 0 Å². The van der Waals surface area contributed by atoms with Crippen LogP contribution in [0.3, 0.4) is 0 Å². The highest BCUT2D eigenvalue weighted by atomic mass is 32.2. The first-order chi connectivity index (χ1) is 15.5. The van der Waals surface area contributed by atoms with Crippen LogP contribution in [0.25, 0.3) is 22.0 Å². The number of nitrogens with zero attached hydrogens (tertiary/aromatic N) is 3. The Hall–Kier alpha value is -3.45. The van der Waals surface area contributed by atoms with Crippen LogP contribution in [-0.4, -0.2) is 26.7 Å². The SMILES string of the molecule is Cc1ccc(C(=O)NC2CC2)cc1-c1cc2cnnc(Sc3ccccc3)c2n(C)c1=O. The molecule has 4 aromatic rings. The number of hydrogen-bond acceptors (Lipinski definition) is 5. The number of rotatable bonds is 5. The Bertz CT molecular complexity index is 1390. The molecule has 5 rings (SSSR count). The van der Waals surface area contributed by atoms with Crippen molar-refractivity contribution in [2.75, 3.05) is 0 Å². The maximum atomic E-state index is 13.4. The lowest BCUT2D eigenvalue weighted by Gasteiger charge is -2.14. The lowest BCUT2D eigenvalue weighted by Crippen LogP contribution is -2.25. The van der Waals surface area contributed by atoms with Gasteiger partial charge in [0.25, 0.3) is 11.5 Å². The number of hydrogen-bond donors (Lipinski definition) is 1. The monoisotopic (exact) mass is 442 g/mol. The fourth-order valence-corrected chi connectivity index (χ4v) is 4.69. The molecule has 7 heteroatoms. The van der Waals surface area contributed by atoms with Crippen molar-refractivity contribution in [3.05, 3.63) is 82.3 Å². The number of carbonyl (C=O) groups is 1. The zero-order chi connectivity index (χ0) is 22.2. The van der Waals surface area contributed by atoms with E-state index in [-0.39, 0.29) is 17.5 Å². The van der Waals surface area contributed by atoms with Gasteiger partial charge < -0.3 is 9.88 Å². The van der Waals surface area contributed by atoms with Crippen LogP contribution < -0.4 is 10.9 Å². The minimum Gasteiger partial charge on any atom is -0.349 e. The predicted octanol–water partition coefficient (Wildman–Crippen LogP) is 4.35. The molecule has 0 saturated heterocycles. The molecule has 6 nitrogen and oxygen atoms in total. The van der Waals surface area contributed by atoms with Crippen molar-refractivity contribution in [2.24, 2.45) is 7.05 Å². The fraction of sp³-hybridized carbons (Fsp3) is 0.200. The zero-order valence-corrected chi connectivity index (χ0v) is 18.6. The van der Waals surface area contributed by atoms with E-state index in [0.717, 1.165) is 39.8 Å². The van der Waals surface area contributed by atoms with E-state index in [0.29, 0.717) is 16.2 Å². The summed E-state index contributed by atoms with van der Waals surface area (Å²) < 4.78 is 1.63. The highest BCUT2D eigenvalue weighted by Crippen LogP contribution is 2.32. The summed E-state index contributed by atoms with van der Waals surface area (Å²) in [5.41, 5.74) is 3.40. The molecule has 1 saturated carbocycles. The van der Waals surface area contributed by atoms with Crippen molar-refractivity contribution in [2.45, 2.75) is 35.7 Å². The Labute approximate surface area is 189 Å². The molecule has 1 N–H and O–H groups in total. The number of carbonyl (C=O) groups excluding carboxylic acids is 1. The van der Waals surface area contributed by atoms with E-state index >= 15 is 0 Å². The molecule has 0 atom stereocenters. The summed E-state index contributed by atoms with van der Waals surface area (Å²) >= 11 is 1.48. The second-order valence-corrected chi connectivity index (χ2v) is 9.13. The third-order valence-electron chi connectivity index (χ3n) is 5.65. The van der Waals surface area contributed by atoms with Gasteiger partial charge >= 0.3 is 0 Å². The first kappa shape index (κ1) is 20.5. The average Bonchev–Trinajstić information content (AvgIpc) is 3.61. The average molecular weight is 443 g/mol. The number of nitrogens with one attached hydrogen (secondary N) is 1. The summed E-state index contributed by atoms with van der Waals surface area (Å²) in [5.74, 6) is -0.0984. The molecule has 1 aliphatic carbocycles. The largest absolute Gasteiger partial charge is 0.349 e. The summed E-state index contributed by atoms with van der Waals surface area (Å²) in [6.07, 6.45) is 3.73. The van der Waals surface area contributed by atoms with Gasteiger partial charge in [-0.2, -0.15) is 5.10 Å². The molecule has 0 bridgehead atoms. The third kappa shape index (κ3) is 3.91. The fourth-order valence-electron chi connectivity index (χ4n) is 3.73. The number of aryl methyl sites for hydroxylation is 2. The normalized spacial score (nSPS) is 13.3. The summed E-state index contributed by atoms with van der Waals surface area (Å²) in [7, 11) is 1.75. The summed E-state index contributed by atoms with van der Waals surface area (Å²) in [4.78, 5) is 27.0. The molecule has 0 aliphatic heterocycles. The van der Waals surface area contributed by atoms with E-state index in [2.05, 4.69) is 15.5 Å². The summed E-state index contributed by atoms with van der Waals surface area (Å²) in [6, 6.07) is 17.5. The van der Waals surface area contributed by atoms with Crippen LogP contribution >= 0.6 is 11.8 Å². The van der Waals surface area contributed by atoms with E-state index in [1.807, 2.05) is 61.5 Å². The maximum Gasteiger partial charge on any atom is 0.258 e. The number of aromatic nitrogens is 3. The molecule has 1 fully saturated rings. The van der Waals surface area contributed by atoms with Crippen molar-refractivity contribution in [3.8, 4) is 11.1 Å². The van der Waals surface area contributed by atoms with Gasteiger partial charge in [-0.15, -0.1) is 5.10 Å². The van der Waals surface area contributed by atoms with Gasteiger partial charge in [0, 0.05) is 34.5 Å². The highest BCUT2D eigenvalue weighted by Gasteiger charge is 2.24. The molecule has 0 unspecified atom stereocenters. The number of amides is 1. The number of fused-ring (bicyclic) bond motifs is 1. The highest BCUT2D eigenvalue weighted by molar-refractivity contribution is 7.99. The molecule has 2 aromatic heterocycles. The van der Waals surface area contributed by atoms with Gasteiger partial charge in [-0.1, -0.05) is 36.0 Å². The van der Waals surface area contributed by atoms with Gasteiger partial charge in [0.2, 0.25) is 0 Å². The molecule has 2 heterocycles. The predicted molar refractivity (Wildman–Crippen MR) is 126 cm³/mol. The molecule has 160 valence electrons. The Balaban J connectivity index is 1.61. The van der Waals surface area contributed by atoms with Crippen LogP contribution in [0.2, 0.25) is 0 Å². The Kier molecular flexibility index (Phi) is 5.27. The van der Waals surface area contributed by atoms with Crippen molar-refractivity contribution in [3.63, 3.8) is 0 Å². The summed E-state index contributed by atoms with van der Waals surface area (Å²) in [6.45, 7) is 1.95. The van der Waals surface area contributed by atoms with Crippen molar-refractivity contribution < 1.29 is 4.79 Å². The van der Waals surface area contributed by atoms with Gasteiger partial charge in [-0.05, 0) is 61.2 Å². The van der Waals surface area contributed by atoms with Crippen molar-refractivity contribution >= 4 is 28.6 Å². The van der Waals surface area contributed by atoms with Gasteiger partial charge in [-0.3, -0.25) is 9.59 Å². The molecular weight excluding hydrogens is 420 g/mol. The van der Waals surface area contributed by atoms with Gasteiger partial charge in [-0.25, -0.2) is 0 Å². The van der Waals surface area contributed by atoms with Gasteiger partial charge in [0.1, 0.15) is 5.03 Å². The van der Waals surface area contributed by atoms with Crippen LogP contribution in [0, 0.1) is 6.92 Å². The second kappa shape index (κ2) is 8.24. The smallest absolute Gasteiger partial charge is 0.258 e. The second-order valence-electron chi connectivity index (χ2n) is 8.07. The summed E-state index contributed by atoms with van der Waals surface area (Å²) in [5, 5.41) is 13.0. The molecule has 0 spiro atoms. The minimum atomic E-state index is -0.136. The lowest BCUT2D eigenvalue weighted by atomic mass is 9.98. The van der Waals surface area contributed by atoms with Crippen LogP contribution in [0.4, 0.5) is 0 Å². The van der Waals surface area contributed by atoms with Crippen LogP contribution in [0.15, 0.2) is 75.5 Å². The molecular formula is C25H22N4O2S. The van der Waals surface area contributed by atoms with Crippen LogP contribution in [0.1, 0.15) is 28.8 Å². The molecule has 32 heavy (non-hydrogen) atoms. The lowest BCUT2D eigenvalue weighted by molar-refractivity contribution is 0.0951. The van der Waals surface area contributed by atoms with Crippen molar-refractivity contribution in [1.82, 2.24) is 20.1 Å². The van der Waals surface area contributed by atoms with Gasteiger partial charge in [0.05, 0.1) is 11.7 Å². The molecule has 1 amide bonds. The van der Waals surface area contributed by atoms with E-state index in [9.17, 15) is 9.59 Å². The van der Waals surface area contributed by atoms with E-state index in [1.165, 1.54) is 11.8 Å². The Morgan fingerprint density at radius 2 is 1.88 bits per heavy atom. The van der Waals surface area contributed by atoms with Crippen LogP contribution in [0.5, 0.6) is 0 Å². The van der Waals surface area contributed by atoms with E-state index < -0.39 is 0 Å². The molecule has 0 radical (unpaired) electrons. The standard InChI is InChI=1S/C25H22N4O2S/c1-15-8-9-16(23(30)27-18-10-11-18)12-20(15)21-13-17-14-26-28-24(22(17)29(2)25(21)31)32-19-6-4-3-5-7-19/h3-9,12-14,18H,10-11H2,1-2H3,(H,27,30). The molecule has 2 aromatic carbocycles. The molecule has 1 aliphatic rings. The zero-order valence-electron chi connectivity index (χ0n) is 17.8. The van der Waals surface area contributed by atoms with E-state index in [1.54, 1.807) is 17.8 Å². The number of pyridine rings is 1. The topological polar surface area (TPSA) is 76.9 Å². The minimum absolute atomic E-state index is 0.0984. The first-order valence-corrected chi connectivity index (χ1v) is 11.3. The number of benzene rings is 2. The van der Waals surface area contributed by atoms with E-state index in [4.69, 9.17) is 0 Å².